The van der Waals surface area contributed by atoms with E-state index in [0.29, 0.717) is 11.7 Å². The lowest BCUT2D eigenvalue weighted by molar-refractivity contribution is -0.0501. The summed E-state index contributed by atoms with van der Waals surface area (Å²) < 4.78 is 29.3. The van der Waals surface area contributed by atoms with Crippen LogP contribution in [0.3, 0.4) is 0 Å². The molecule has 1 N–H and O–H groups in total. The van der Waals surface area contributed by atoms with Gasteiger partial charge in [-0.3, -0.25) is 4.79 Å². The minimum atomic E-state index is -2.98. The van der Waals surface area contributed by atoms with E-state index in [9.17, 15) is 13.6 Å². The first-order valence-corrected chi connectivity index (χ1v) is 8.14. The van der Waals surface area contributed by atoms with Crippen LogP contribution in [0.4, 0.5) is 20.2 Å². The Kier molecular flexibility index (Phi) is 6.33. The number of anilines is 2. The largest absolute Gasteiger partial charge is 0.434 e. The zero-order valence-corrected chi connectivity index (χ0v) is 14.5. The summed E-state index contributed by atoms with van der Waals surface area (Å²) in [6.07, 6.45) is 0. The highest BCUT2D eigenvalue weighted by Gasteiger charge is 2.15. The second-order valence-electron chi connectivity index (χ2n) is 5.76. The maximum absolute atomic E-state index is 12.5. The van der Waals surface area contributed by atoms with Gasteiger partial charge >= 0.3 is 6.61 Å². The van der Waals surface area contributed by atoms with Crippen LogP contribution in [0.15, 0.2) is 48.5 Å². The molecule has 6 heteroatoms. The van der Waals surface area contributed by atoms with Gasteiger partial charge in [0.15, 0.2) is 0 Å². The van der Waals surface area contributed by atoms with Crippen LogP contribution in [0.2, 0.25) is 0 Å². The number of nitrogens with zero attached hydrogens (tertiary/aromatic N) is 1. The van der Waals surface area contributed by atoms with E-state index < -0.39 is 12.5 Å². The minimum absolute atomic E-state index is 0.0595. The van der Waals surface area contributed by atoms with E-state index in [1.54, 1.807) is 18.2 Å². The van der Waals surface area contributed by atoms with Crippen molar-refractivity contribution in [3.63, 3.8) is 0 Å². The number of amides is 1. The van der Waals surface area contributed by atoms with Gasteiger partial charge in [-0.15, -0.1) is 0 Å². The Bertz CT molecular complexity index is 703. The quantitative estimate of drug-likeness (QED) is 0.783. The van der Waals surface area contributed by atoms with Crippen LogP contribution in [0, 0.1) is 0 Å². The van der Waals surface area contributed by atoms with E-state index in [2.05, 4.69) is 35.7 Å². The first-order chi connectivity index (χ1) is 11.9. The number of ether oxygens (including phenoxy) is 1. The van der Waals surface area contributed by atoms with Crippen molar-refractivity contribution in [2.75, 3.05) is 16.8 Å². The topological polar surface area (TPSA) is 41.6 Å². The third-order valence-corrected chi connectivity index (χ3v) is 3.77. The number of nitrogens with one attached hydrogen (secondary N) is 1. The Morgan fingerprint density at radius 3 is 2.32 bits per heavy atom. The Morgan fingerprint density at radius 2 is 1.76 bits per heavy atom. The summed E-state index contributed by atoms with van der Waals surface area (Å²) in [4.78, 5) is 14.6. The molecule has 25 heavy (non-hydrogen) atoms. The molecule has 0 spiro atoms. The number of hydrogen-bond acceptors (Lipinski definition) is 3. The molecule has 2 aromatic carbocycles. The highest BCUT2D eigenvalue weighted by Crippen LogP contribution is 2.23. The normalized spacial score (nSPS) is 10.8. The van der Waals surface area contributed by atoms with Gasteiger partial charge in [0.25, 0.3) is 5.91 Å². The van der Waals surface area contributed by atoms with Crippen molar-refractivity contribution in [3.05, 3.63) is 54.1 Å². The molecule has 0 aliphatic carbocycles. The lowest BCUT2D eigenvalue weighted by Gasteiger charge is -2.27. The standard InChI is InChI=1S/C19H22F2N2O2/c1-4-23(13(2)3)15-11-9-14(10-12-15)22-18(24)16-7-5-6-8-17(16)25-19(20)21/h5-13,19H,4H2,1-3H3,(H,22,24). The van der Waals surface area contributed by atoms with Gasteiger partial charge in [0.2, 0.25) is 0 Å². The molecule has 0 unspecified atom stereocenters. The summed E-state index contributed by atoms with van der Waals surface area (Å²) in [5, 5.41) is 2.70. The lowest BCUT2D eigenvalue weighted by atomic mass is 10.1. The maximum atomic E-state index is 12.5. The van der Waals surface area contributed by atoms with Gasteiger partial charge in [0.05, 0.1) is 5.56 Å². The molecule has 1 amide bonds. The number of rotatable bonds is 7. The highest BCUT2D eigenvalue weighted by atomic mass is 19.3. The van der Waals surface area contributed by atoms with Crippen molar-refractivity contribution in [3.8, 4) is 5.75 Å². The highest BCUT2D eigenvalue weighted by molar-refractivity contribution is 6.06. The number of para-hydroxylation sites is 1. The zero-order chi connectivity index (χ0) is 18.4. The second-order valence-corrected chi connectivity index (χ2v) is 5.76. The van der Waals surface area contributed by atoms with Crippen molar-refractivity contribution in [2.45, 2.75) is 33.4 Å². The number of halogens is 2. The third-order valence-electron chi connectivity index (χ3n) is 3.77. The van der Waals surface area contributed by atoms with Gasteiger partial charge in [0, 0.05) is 24.0 Å². The summed E-state index contributed by atoms with van der Waals surface area (Å²) in [5.41, 5.74) is 1.70. The molecule has 0 atom stereocenters. The van der Waals surface area contributed by atoms with Crippen LogP contribution in [-0.4, -0.2) is 25.1 Å². The van der Waals surface area contributed by atoms with Crippen LogP contribution in [0.1, 0.15) is 31.1 Å². The Hall–Kier alpha value is -2.63. The van der Waals surface area contributed by atoms with Gasteiger partial charge < -0.3 is 15.0 Å². The SMILES string of the molecule is CCN(c1ccc(NC(=O)c2ccccc2OC(F)F)cc1)C(C)C. The number of carbonyl (C=O) groups excluding carboxylic acids is 1. The van der Waals surface area contributed by atoms with Crippen LogP contribution in [-0.2, 0) is 0 Å². The number of alkyl halides is 2. The van der Waals surface area contributed by atoms with Crippen molar-refractivity contribution in [1.29, 1.82) is 0 Å². The Morgan fingerprint density at radius 1 is 1.12 bits per heavy atom. The first-order valence-electron chi connectivity index (χ1n) is 8.14. The molecule has 0 bridgehead atoms. The molecular formula is C19H22F2N2O2. The van der Waals surface area contributed by atoms with E-state index in [4.69, 9.17) is 0 Å². The molecule has 2 aromatic rings. The second kappa shape index (κ2) is 8.46. The third kappa shape index (κ3) is 4.92. The van der Waals surface area contributed by atoms with E-state index >= 15 is 0 Å². The molecule has 0 radical (unpaired) electrons. The predicted molar refractivity (Wildman–Crippen MR) is 95.6 cm³/mol. The van der Waals surface area contributed by atoms with Crippen LogP contribution in [0.5, 0.6) is 5.75 Å². The molecule has 4 nitrogen and oxygen atoms in total. The fourth-order valence-electron chi connectivity index (χ4n) is 2.63. The minimum Gasteiger partial charge on any atom is -0.434 e. The molecule has 0 heterocycles. The molecule has 0 saturated carbocycles. The number of hydrogen-bond donors (Lipinski definition) is 1. The molecule has 0 saturated heterocycles. The van der Waals surface area contributed by atoms with E-state index in [-0.39, 0.29) is 11.3 Å². The van der Waals surface area contributed by atoms with Gasteiger partial charge in [-0.25, -0.2) is 0 Å². The smallest absolute Gasteiger partial charge is 0.387 e. The van der Waals surface area contributed by atoms with Gasteiger partial charge in [-0.05, 0) is 57.2 Å². The summed E-state index contributed by atoms with van der Waals surface area (Å²) in [6, 6.07) is 13.7. The first kappa shape index (κ1) is 18.7. The predicted octanol–water partition coefficient (Wildman–Crippen LogP) is 4.78. The maximum Gasteiger partial charge on any atom is 0.387 e. The van der Waals surface area contributed by atoms with Crippen LogP contribution < -0.4 is 15.0 Å². The van der Waals surface area contributed by atoms with Gasteiger partial charge in [0.1, 0.15) is 5.75 Å². The zero-order valence-electron chi connectivity index (χ0n) is 14.5. The Balaban J connectivity index is 2.14. The van der Waals surface area contributed by atoms with Crippen LogP contribution in [0.25, 0.3) is 0 Å². The van der Waals surface area contributed by atoms with Crippen LogP contribution >= 0.6 is 0 Å². The molecular weight excluding hydrogens is 326 g/mol. The van der Waals surface area contributed by atoms with Crippen molar-refractivity contribution in [1.82, 2.24) is 0 Å². The summed E-state index contributed by atoms with van der Waals surface area (Å²) in [6.45, 7) is 4.19. The van der Waals surface area contributed by atoms with E-state index in [1.165, 1.54) is 18.2 Å². The fraction of sp³-hybridized carbons (Fsp3) is 0.316. The number of carbonyl (C=O) groups is 1. The summed E-state index contributed by atoms with van der Waals surface area (Å²) >= 11 is 0. The van der Waals surface area contributed by atoms with Gasteiger partial charge in [-0.2, -0.15) is 8.78 Å². The molecule has 0 fully saturated rings. The lowest BCUT2D eigenvalue weighted by Crippen LogP contribution is -2.30. The van der Waals surface area contributed by atoms with E-state index in [0.717, 1.165) is 12.2 Å². The molecule has 2 rings (SSSR count). The van der Waals surface area contributed by atoms with Gasteiger partial charge in [-0.1, -0.05) is 12.1 Å². The molecule has 0 aliphatic heterocycles. The number of benzene rings is 2. The average Bonchev–Trinajstić information content (AvgIpc) is 2.56. The van der Waals surface area contributed by atoms with Crippen molar-refractivity contribution in [2.24, 2.45) is 0 Å². The van der Waals surface area contributed by atoms with Crippen molar-refractivity contribution >= 4 is 17.3 Å². The fourth-order valence-corrected chi connectivity index (χ4v) is 2.63. The molecule has 134 valence electrons. The average molecular weight is 348 g/mol. The van der Waals surface area contributed by atoms with Crippen molar-refractivity contribution < 1.29 is 18.3 Å². The Labute approximate surface area is 146 Å². The summed E-state index contributed by atoms with van der Waals surface area (Å²) in [5.74, 6) is -0.649. The molecule has 0 aromatic heterocycles. The molecule has 0 aliphatic rings. The monoisotopic (exact) mass is 348 g/mol. The van der Waals surface area contributed by atoms with E-state index in [1.807, 2.05) is 12.1 Å². The summed E-state index contributed by atoms with van der Waals surface area (Å²) in [7, 11) is 0.